The summed E-state index contributed by atoms with van der Waals surface area (Å²) in [4.78, 5) is 56.0. The second-order valence-corrected chi connectivity index (χ2v) is 16.1. The molecule has 2 atom stereocenters. The molecule has 0 spiro atoms. The van der Waals surface area contributed by atoms with Gasteiger partial charge in [0.1, 0.15) is 30.6 Å². The molecule has 0 unspecified atom stereocenters. The standard InChI is InChI=1S/C47H50F2N6O8/c1-46(2,3)63-45(59)52-18-19-60-20-21-61-29-42(56)54-36(23-31-8-9-32-6-4-5-7-34(32)22-31)28-62-38-13-10-33(11-14-38)35-12-15-41-40(24-35)39(16-17-51-41)44(58)53-27-43(57)55-30-47(48,49)25-37(55)26-50/h4-17,22,24,36-37H,18-21,23,25,27-30H2,1-3H3,(H,52,59)(H,53,58)(H,54,56)/t36-,37-/m0/s1. The van der Waals surface area contributed by atoms with Crippen LogP contribution in [0.15, 0.2) is 97.2 Å². The van der Waals surface area contributed by atoms with Crippen LogP contribution in [-0.4, -0.2) is 110 Å². The van der Waals surface area contributed by atoms with E-state index in [1.54, 1.807) is 51.1 Å². The SMILES string of the molecule is CC(C)(C)OC(=O)NCCOCCOCC(=O)N[C@H](COc1ccc(-c2ccc3nccc(C(=O)NCC(=O)N4CC(F)(F)C[C@H]4C#N)c3c2)cc1)Cc1ccc2ccccc2c1. The number of hydrogen-bond donors (Lipinski definition) is 3. The number of rotatable bonds is 18. The minimum absolute atomic E-state index is 0.158. The average molecular weight is 865 g/mol. The largest absolute Gasteiger partial charge is 0.491 e. The average Bonchev–Trinajstić information content (AvgIpc) is 3.58. The van der Waals surface area contributed by atoms with Crippen molar-refractivity contribution < 1.29 is 46.9 Å². The van der Waals surface area contributed by atoms with Crippen LogP contribution in [0, 0.1) is 11.3 Å². The van der Waals surface area contributed by atoms with Crippen LogP contribution < -0.4 is 20.7 Å². The summed E-state index contributed by atoms with van der Waals surface area (Å²) in [5.41, 5.74) is 2.78. The summed E-state index contributed by atoms with van der Waals surface area (Å²) < 4.78 is 50.2. The lowest BCUT2D eigenvalue weighted by Crippen LogP contribution is -2.43. The molecule has 6 rings (SSSR count). The van der Waals surface area contributed by atoms with Crippen molar-refractivity contribution >= 4 is 45.5 Å². The zero-order valence-electron chi connectivity index (χ0n) is 35.3. The third-order valence-electron chi connectivity index (χ3n) is 9.95. The van der Waals surface area contributed by atoms with Crippen LogP contribution in [0.2, 0.25) is 0 Å². The second kappa shape index (κ2) is 20.9. The molecular formula is C47H50F2N6O8. The maximum Gasteiger partial charge on any atom is 0.407 e. The normalized spacial score (nSPS) is 15.0. The third kappa shape index (κ3) is 13.4. The molecule has 5 aromatic rings. The monoisotopic (exact) mass is 864 g/mol. The predicted molar refractivity (Wildman–Crippen MR) is 231 cm³/mol. The number of alkyl carbamates (subject to hydrolysis) is 1. The fourth-order valence-electron chi connectivity index (χ4n) is 7.01. The van der Waals surface area contributed by atoms with Gasteiger partial charge in [0, 0.05) is 24.5 Å². The lowest BCUT2D eigenvalue weighted by atomic mass is 10.0. The number of carbonyl (C=O) groups is 4. The van der Waals surface area contributed by atoms with Gasteiger partial charge in [-0.3, -0.25) is 19.4 Å². The predicted octanol–water partition coefficient (Wildman–Crippen LogP) is 6.21. The van der Waals surface area contributed by atoms with Gasteiger partial charge in [0.05, 0.1) is 56.1 Å². The van der Waals surface area contributed by atoms with Crippen molar-refractivity contribution in [3.05, 3.63) is 108 Å². The number of fused-ring (bicyclic) bond motifs is 2. The van der Waals surface area contributed by atoms with Crippen LogP contribution in [0.5, 0.6) is 5.75 Å². The molecule has 1 saturated heterocycles. The van der Waals surface area contributed by atoms with Crippen molar-refractivity contribution in [3.8, 4) is 22.9 Å². The molecule has 14 nitrogen and oxygen atoms in total. The van der Waals surface area contributed by atoms with Crippen molar-refractivity contribution in [2.24, 2.45) is 0 Å². The molecule has 63 heavy (non-hydrogen) atoms. The molecule has 0 bridgehead atoms. The first kappa shape index (κ1) is 45.8. The molecule has 2 heterocycles. The first-order valence-corrected chi connectivity index (χ1v) is 20.5. The minimum Gasteiger partial charge on any atom is -0.491 e. The Morgan fingerprint density at radius 3 is 2.41 bits per heavy atom. The number of halogens is 2. The van der Waals surface area contributed by atoms with Gasteiger partial charge in [0.2, 0.25) is 11.8 Å². The van der Waals surface area contributed by atoms with Crippen molar-refractivity contribution in [2.45, 2.75) is 57.2 Å². The number of hydrogen-bond acceptors (Lipinski definition) is 10. The van der Waals surface area contributed by atoms with E-state index in [0.29, 0.717) is 23.1 Å². The van der Waals surface area contributed by atoms with E-state index in [0.717, 1.165) is 32.4 Å². The van der Waals surface area contributed by atoms with E-state index < -0.39 is 61.0 Å². The molecule has 1 aliphatic heterocycles. The van der Waals surface area contributed by atoms with Crippen LogP contribution in [0.4, 0.5) is 13.6 Å². The molecule has 4 aromatic carbocycles. The maximum atomic E-state index is 13.9. The van der Waals surface area contributed by atoms with Gasteiger partial charge in [-0.15, -0.1) is 0 Å². The summed E-state index contributed by atoms with van der Waals surface area (Å²) >= 11 is 0. The maximum absolute atomic E-state index is 13.9. The van der Waals surface area contributed by atoms with Crippen LogP contribution in [0.3, 0.4) is 0 Å². The molecule has 330 valence electrons. The lowest BCUT2D eigenvalue weighted by molar-refractivity contribution is -0.131. The Balaban J connectivity index is 1.04. The number of nitriles is 1. The van der Waals surface area contributed by atoms with E-state index in [9.17, 15) is 33.2 Å². The van der Waals surface area contributed by atoms with E-state index in [4.69, 9.17) is 18.9 Å². The van der Waals surface area contributed by atoms with Gasteiger partial charge in [0.15, 0.2) is 0 Å². The zero-order chi connectivity index (χ0) is 45.0. The van der Waals surface area contributed by atoms with Crippen molar-refractivity contribution in [1.29, 1.82) is 5.26 Å². The Bertz CT molecular complexity index is 2450. The molecule has 0 saturated carbocycles. The summed E-state index contributed by atoms with van der Waals surface area (Å²) in [6, 6.07) is 28.5. The summed E-state index contributed by atoms with van der Waals surface area (Å²) in [6.07, 6.45) is 0.692. The Labute approximate surface area is 363 Å². The molecular weight excluding hydrogens is 815 g/mol. The summed E-state index contributed by atoms with van der Waals surface area (Å²) in [6.45, 7) is 4.83. The van der Waals surface area contributed by atoms with E-state index in [-0.39, 0.29) is 51.0 Å². The quantitative estimate of drug-likeness (QED) is 0.0858. The highest BCUT2D eigenvalue weighted by Crippen LogP contribution is 2.32. The number of carbonyl (C=O) groups excluding carboxylic acids is 4. The first-order valence-electron chi connectivity index (χ1n) is 20.5. The number of amides is 4. The minimum atomic E-state index is -3.17. The molecule has 1 fully saturated rings. The van der Waals surface area contributed by atoms with Gasteiger partial charge < -0.3 is 39.8 Å². The van der Waals surface area contributed by atoms with Crippen LogP contribution in [0.25, 0.3) is 32.8 Å². The zero-order valence-corrected chi connectivity index (χ0v) is 35.3. The molecule has 3 N–H and O–H groups in total. The Kier molecular flexibility index (Phi) is 15.2. The van der Waals surface area contributed by atoms with E-state index >= 15 is 0 Å². The Morgan fingerprint density at radius 2 is 1.65 bits per heavy atom. The smallest absolute Gasteiger partial charge is 0.407 e. The molecule has 0 radical (unpaired) electrons. The van der Waals surface area contributed by atoms with Gasteiger partial charge in [0.25, 0.3) is 11.8 Å². The lowest BCUT2D eigenvalue weighted by Gasteiger charge is -2.20. The summed E-state index contributed by atoms with van der Waals surface area (Å²) in [7, 11) is 0. The van der Waals surface area contributed by atoms with E-state index in [2.05, 4.69) is 27.0 Å². The van der Waals surface area contributed by atoms with Gasteiger partial charge in [-0.05, 0) is 85.0 Å². The first-order chi connectivity index (χ1) is 30.2. The molecule has 16 heteroatoms. The second-order valence-electron chi connectivity index (χ2n) is 16.1. The highest BCUT2D eigenvalue weighted by Gasteiger charge is 2.47. The number of aromatic nitrogens is 1. The Hall–Kier alpha value is -6.70. The fraction of sp³-hybridized carbons (Fsp3) is 0.362. The number of alkyl halides is 2. The van der Waals surface area contributed by atoms with Gasteiger partial charge in [-0.1, -0.05) is 60.7 Å². The number of likely N-dealkylation sites (tertiary alicyclic amines) is 1. The van der Waals surface area contributed by atoms with E-state index in [1.165, 1.54) is 12.3 Å². The van der Waals surface area contributed by atoms with Gasteiger partial charge in [-0.2, -0.15) is 5.26 Å². The van der Waals surface area contributed by atoms with Crippen molar-refractivity contribution in [2.75, 3.05) is 52.7 Å². The summed E-state index contributed by atoms with van der Waals surface area (Å²) in [5.74, 6) is -4.29. The van der Waals surface area contributed by atoms with Crippen LogP contribution >= 0.6 is 0 Å². The number of pyridine rings is 1. The molecule has 1 aliphatic rings. The summed E-state index contributed by atoms with van der Waals surface area (Å²) in [5, 5.41) is 20.1. The van der Waals surface area contributed by atoms with Crippen molar-refractivity contribution in [1.82, 2.24) is 25.8 Å². The molecule has 1 aromatic heterocycles. The topological polar surface area (TPSA) is 181 Å². The number of benzene rings is 4. The molecule has 4 amide bonds. The molecule has 0 aliphatic carbocycles. The number of ether oxygens (including phenoxy) is 4. The van der Waals surface area contributed by atoms with Crippen LogP contribution in [0.1, 0.15) is 43.1 Å². The Morgan fingerprint density at radius 1 is 0.905 bits per heavy atom. The van der Waals surface area contributed by atoms with E-state index in [1.807, 2.05) is 54.6 Å². The third-order valence-corrected chi connectivity index (χ3v) is 9.95. The van der Waals surface area contributed by atoms with Gasteiger partial charge in [-0.25, -0.2) is 13.6 Å². The fourth-order valence-corrected chi connectivity index (χ4v) is 7.01. The highest BCUT2D eigenvalue weighted by atomic mass is 19.3. The number of nitrogens with zero attached hydrogens (tertiary/aromatic N) is 3. The van der Waals surface area contributed by atoms with Crippen molar-refractivity contribution in [3.63, 3.8) is 0 Å². The van der Waals surface area contributed by atoms with Gasteiger partial charge >= 0.3 is 6.09 Å². The number of nitrogens with one attached hydrogen (secondary N) is 3. The highest BCUT2D eigenvalue weighted by molar-refractivity contribution is 6.07. The van der Waals surface area contributed by atoms with Crippen LogP contribution in [-0.2, 0) is 30.2 Å².